The predicted molar refractivity (Wildman–Crippen MR) is 163 cm³/mol. The summed E-state index contributed by atoms with van der Waals surface area (Å²) in [5, 5.41) is 2.26. The van der Waals surface area contributed by atoms with E-state index < -0.39 is 51.7 Å². The van der Waals surface area contributed by atoms with Crippen LogP contribution in [0.4, 0.5) is 39.3 Å². The largest absolute Gasteiger partial charge is 0.417 e. The molecule has 1 unspecified atom stereocenters. The van der Waals surface area contributed by atoms with Gasteiger partial charge in [-0.2, -0.15) is 13.2 Å². The Hall–Kier alpha value is -4.11. The van der Waals surface area contributed by atoms with E-state index in [4.69, 9.17) is 4.74 Å². The molecule has 0 spiro atoms. The summed E-state index contributed by atoms with van der Waals surface area (Å²) in [5.41, 5.74) is -4.63. The number of rotatable bonds is 6. The van der Waals surface area contributed by atoms with E-state index in [1.54, 1.807) is 4.90 Å². The highest BCUT2D eigenvalue weighted by atomic mass is 19.4. The Labute approximate surface area is 262 Å². The fraction of sp³-hybridized carbons (Fsp3) is 0.484. The highest BCUT2D eigenvalue weighted by molar-refractivity contribution is 6.07. The molecule has 0 bridgehead atoms. The Morgan fingerprint density at radius 2 is 1.72 bits per heavy atom. The Morgan fingerprint density at radius 3 is 2.33 bits per heavy atom. The van der Waals surface area contributed by atoms with Crippen molar-refractivity contribution in [2.75, 3.05) is 55.0 Å². The SMILES string of the molecule is CC(C)C1CN(c2ncc(-c3c(F)cc(N4C[C@@H](C)N(C)[C@@H](C)C4)c(NC(=O)c4c[nH]c(=O)cc4C(F)(F)F)c3F)cn2)CCO1. The van der Waals surface area contributed by atoms with Crippen LogP contribution in [0.1, 0.15) is 43.6 Å². The van der Waals surface area contributed by atoms with Crippen LogP contribution in [0.3, 0.4) is 0 Å². The molecular formula is C31H36F5N7O3. The van der Waals surface area contributed by atoms with Gasteiger partial charge < -0.3 is 24.8 Å². The number of pyridine rings is 1. The maximum absolute atomic E-state index is 16.5. The molecule has 1 aromatic carbocycles. The van der Waals surface area contributed by atoms with Crippen LogP contribution in [0.15, 0.2) is 35.5 Å². The quantitative estimate of drug-likeness (QED) is 0.368. The van der Waals surface area contributed by atoms with Gasteiger partial charge in [0.2, 0.25) is 11.5 Å². The minimum atomic E-state index is -5.05. The lowest BCUT2D eigenvalue weighted by Gasteiger charge is -2.44. The lowest BCUT2D eigenvalue weighted by atomic mass is 10.0. The molecule has 4 heterocycles. The number of carbonyl (C=O) groups excluding carboxylic acids is 1. The number of piperazine rings is 1. The highest BCUT2D eigenvalue weighted by Crippen LogP contribution is 2.40. The summed E-state index contributed by atoms with van der Waals surface area (Å²) in [7, 11) is 1.91. The number of aromatic nitrogens is 3. The van der Waals surface area contributed by atoms with Gasteiger partial charge in [-0.3, -0.25) is 14.5 Å². The summed E-state index contributed by atoms with van der Waals surface area (Å²) < 4.78 is 79.5. The van der Waals surface area contributed by atoms with Crippen LogP contribution in [-0.2, 0) is 10.9 Å². The zero-order valence-electron chi connectivity index (χ0n) is 26.1. The number of benzene rings is 1. The zero-order valence-corrected chi connectivity index (χ0v) is 26.1. The first-order valence-corrected chi connectivity index (χ1v) is 14.9. The molecule has 2 saturated heterocycles. The minimum absolute atomic E-state index is 0.0328. The van der Waals surface area contributed by atoms with Crippen LogP contribution in [0, 0.1) is 17.6 Å². The first kappa shape index (κ1) is 33.3. The number of carbonyl (C=O) groups is 1. The first-order valence-electron chi connectivity index (χ1n) is 14.9. The highest BCUT2D eigenvalue weighted by Gasteiger charge is 2.37. The van der Waals surface area contributed by atoms with Crippen LogP contribution >= 0.6 is 0 Å². The van der Waals surface area contributed by atoms with Crippen molar-refractivity contribution in [1.82, 2.24) is 19.9 Å². The number of H-pyrrole nitrogens is 1. The van der Waals surface area contributed by atoms with Crippen LogP contribution in [0.5, 0.6) is 0 Å². The van der Waals surface area contributed by atoms with Crippen molar-refractivity contribution in [3.05, 3.63) is 63.8 Å². The summed E-state index contributed by atoms with van der Waals surface area (Å²) in [6.45, 7) is 10.1. The number of anilines is 3. The molecule has 5 rings (SSSR count). The maximum atomic E-state index is 16.5. The third-order valence-electron chi connectivity index (χ3n) is 8.66. The molecule has 15 heteroatoms. The second-order valence-electron chi connectivity index (χ2n) is 12.2. The molecule has 1 amide bonds. The van der Waals surface area contributed by atoms with E-state index in [2.05, 4.69) is 25.2 Å². The van der Waals surface area contributed by atoms with Gasteiger partial charge in [0.15, 0.2) is 5.82 Å². The van der Waals surface area contributed by atoms with Crippen molar-refractivity contribution in [1.29, 1.82) is 0 Å². The average molecular weight is 650 g/mol. The molecule has 3 aromatic rings. The Morgan fingerprint density at radius 1 is 1.07 bits per heavy atom. The van der Waals surface area contributed by atoms with Crippen molar-refractivity contribution in [2.24, 2.45) is 5.92 Å². The van der Waals surface area contributed by atoms with E-state index in [0.717, 1.165) is 6.07 Å². The van der Waals surface area contributed by atoms with E-state index in [9.17, 15) is 22.8 Å². The molecule has 0 aliphatic carbocycles. The summed E-state index contributed by atoms with van der Waals surface area (Å²) in [6, 6.07) is 1.21. The molecule has 0 saturated carbocycles. The van der Waals surface area contributed by atoms with Crippen molar-refractivity contribution in [3.63, 3.8) is 0 Å². The minimum Gasteiger partial charge on any atom is -0.374 e. The van der Waals surface area contributed by atoms with Crippen molar-refractivity contribution >= 4 is 23.2 Å². The lowest BCUT2D eigenvalue weighted by molar-refractivity contribution is -0.138. The number of hydrogen-bond acceptors (Lipinski definition) is 8. The Kier molecular flexibility index (Phi) is 9.36. The number of ether oxygens (including phenoxy) is 1. The molecule has 2 N–H and O–H groups in total. The summed E-state index contributed by atoms with van der Waals surface area (Å²) in [6.07, 6.45) is -1.94. The molecule has 2 aliphatic rings. The number of halogens is 5. The summed E-state index contributed by atoms with van der Waals surface area (Å²) in [4.78, 5) is 41.4. The van der Waals surface area contributed by atoms with Gasteiger partial charge in [-0.15, -0.1) is 0 Å². The van der Waals surface area contributed by atoms with Crippen LogP contribution in [-0.4, -0.2) is 83.8 Å². The number of morpholine rings is 1. The van der Waals surface area contributed by atoms with Gasteiger partial charge in [-0.25, -0.2) is 18.7 Å². The fourth-order valence-electron chi connectivity index (χ4n) is 5.79. The topological polar surface area (TPSA) is 107 Å². The van der Waals surface area contributed by atoms with Gasteiger partial charge >= 0.3 is 6.18 Å². The van der Waals surface area contributed by atoms with Crippen molar-refractivity contribution < 1.29 is 31.5 Å². The number of alkyl halides is 3. The maximum Gasteiger partial charge on any atom is 0.417 e. The lowest BCUT2D eigenvalue weighted by Crippen LogP contribution is -2.55. The number of amides is 1. The third-order valence-corrected chi connectivity index (χ3v) is 8.66. The number of nitrogens with zero attached hydrogens (tertiary/aromatic N) is 5. The third kappa shape index (κ3) is 6.70. The summed E-state index contributed by atoms with van der Waals surface area (Å²) in [5.74, 6) is -2.90. The smallest absolute Gasteiger partial charge is 0.374 e. The van der Waals surface area contributed by atoms with E-state index in [-0.39, 0.29) is 41.4 Å². The number of nitrogens with one attached hydrogen (secondary N) is 2. The van der Waals surface area contributed by atoms with Crippen LogP contribution in [0.2, 0.25) is 0 Å². The van der Waals surface area contributed by atoms with Crippen LogP contribution in [0.25, 0.3) is 11.1 Å². The average Bonchev–Trinajstić information content (AvgIpc) is 3.00. The van der Waals surface area contributed by atoms with Crippen molar-refractivity contribution in [2.45, 2.75) is 52.1 Å². The molecule has 46 heavy (non-hydrogen) atoms. The molecule has 10 nitrogen and oxygen atoms in total. The molecular weight excluding hydrogens is 613 g/mol. The van der Waals surface area contributed by atoms with Gasteiger partial charge in [0.05, 0.1) is 35.1 Å². The predicted octanol–water partition coefficient (Wildman–Crippen LogP) is 4.77. The van der Waals surface area contributed by atoms with Crippen LogP contribution < -0.4 is 20.7 Å². The molecule has 2 aromatic heterocycles. The summed E-state index contributed by atoms with van der Waals surface area (Å²) >= 11 is 0. The zero-order chi connectivity index (χ0) is 33.5. The molecule has 0 radical (unpaired) electrons. The standard InChI is InChI=1S/C31H36F5N7O3/c1-16(2)24-15-42(6-7-46-24)30-38-10-19(11-39-30)26-22(32)9-23(43-13-17(3)41(5)18(4)14-43)28(27(26)33)40-29(45)20-12-37-25(44)8-21(20)31(34,35)36/h8-12,16-18,24H,6-7,13-15H2,1-5H3,(H,37,44)(H,40,45)/t17-,18+,24?. The monoisotopic (exact) mass is 649 g/mol. The molecule has 2 fully saturated rings. The second-order valence-corrected chi connectivity index (χ2v) is 12.2. The van der Waals surface area contributed by atoms with Gasteiger partial charge in [0, 0.05) is 74.5 Å². The number of likely N-dealkylation sites (N-methyl/N-ethyl adjacent to an activating group) is 1. The fourth-order valence-corrected chi connectivity index (χ4v) is 5.79. The van der Waals surface area contributed by atoms with Crippen molar-refractivity contribution in [3.8, 4) is 11.1 Å². The Balaban J connectivity index is 1.56. The number of hydrogen-bond donors (Lipinski definition) is 2. The normalized spacial score (nSPS) is 21.2. The molecule has 248 valence electrons. The van der Waals surface area contributed by atoms with E-state index >= 15 is 8.78 Å². The molecule has 3 atom stereocenters. The Bertz CT molecular complexity index is 1640. The van der Waals surface area contributed by atoms with E-state index in [1.165, 1.54) is 12.4 Å². The van der Waals surface area contributed by atoms with Gasteiger partial charge in [-0.05, 0) is 26.8 Å². The van der Waals surface area contributed by atoms with E-state index in [0.29, 0.717) is 44.9 Å². The second kappa shape index (κ2) is 12.9. The molecule has 2 aliphatic heterocycles. The number of aromatic amines is 1. The van der Waals surface area contributed by atoms with Gasteiger partial charge in [0.25, 0.3) is 5.91 Å². The van der Waals surface area contributed by atoms with Gasteiger partial charge in [-0.1, -0.05) is 13.8 Å². The van der Waals surface area contributed by atoms with Gasteiger partial charge in [0.1, 0.15) is 11.5 Å². The van der Waals surface area contributed by atoms with E-state index in [1.807, 2.05) is 39.6 Å². The first-order chi connectivity index (χ1) is 21.6.